The van der Waals surface area contributed by atoms with Crippen molar-refractivity contribution in [2.45, 2.75) is 25.9 Å². The molecule has 0 unspecified atom stereocenters. The second-order valence-electron chi connectivity index (χ2n) is 6.74. The van der Waals surface area contributed by atoms with E-state index in [4.69, 9.17) is 0 Å². The predicted molar refractivity (Wildman–Crippen MR) is 102 cm³/mol. The van der Waals surface area contributed by atoms with Crippen LogP contribution in [0.5, 0.6) is 0 Å². The molecule has 1 saturated heterocycles. The van der Waals surface area contributed by atoms with Gasteiger partial charge < -0.3 is 19.7 Å². The van der Waals surface area contributed by atoms with Gasteiger partial charge in [0, 0.05) is 36.4 Å². The van der Waals surface area contributed by atoms with Crippen LogP contribution >= 0.6 is 0 Å². The van der Waals surface area contributed by atoms with Crippen molar-refractivity contribution in [3.05, 3.63) is 60.0 Å². The molecular formula is C20H22N4O2. The summed E-state index contributed by atoms with van der Waals surface area (Å²) in [7, 11) is 0. The smallest absolute Gasteiger partial charge is 0.275 e. The van der Waals surface area contributed by atoms with Gasteiger partial charge in [-0.15, -0.1) is 0 Å². The molecule has 134 valence electrons. The summed E-state index contributed by atoms with van der Waals surface area (Å²) in [5.74, 6) is -0.220. The average molecular weight is 350 g/mol. The van der Waals surface area contributed by atoms with Crippen molar-refractivity contribution in [3.63, 3.8) is 0 Å². The van der Waals surface area contributed by atoms with Crippen LogP contribution in [-0.4, -0.2) is 39.6 Å². The topological polar surface area (TPSA) is 69.9 Å². The lowest BCUT2D eigenvalue weighted by Crippen LogP contribution is -2.35. The zero-order valence-electron chi connectivity index (χ0n) is 14.7. The lowest BCUT2D eigenvalue weighted by atomic mass is 10.1. The molecule has 6 nitrogen and oxygen atoms in total. The summed E-state index contributed by atoms with van der Waals surface area (Å²) in [4.78, 5) is 19.1. The number of imidazole rings is 1. The summed E-state index contributed by atoms with van der Waals surface area (Å²) in [6.07, 6.45) is 3.17. The number of aromatic nitrogens is 2. The number of rotatable bonds is 3. The van der Waals surface area contributed by atoms with E-state index in [9.17, 15) is 9.90 Å². The third-order valence-electron chi connectivity index (χ3n) is 4.88. The van der Waals surface area contributed by atoms with Crippen molar-refractivity contribution in [3.8, 4) is 0 Å². The van der Waals surface area contributed by atoms with Gasteiger partial charge in [0.15, 0.2) is 0 Å². The second-order valence-corrected chi connectivity index (χ2v) is 6.74. The molecule has 1 amide bonds. The van der Waals surface area contributed by atoms with Gasteiger partial charge in [-0.3, -0.25) is 4.79 Å². The normalized spacial score (nSPS) is 15.4. The minimum Gasteiger partial charge on any atom is -0.393 e. The van der Waals surface area contributed by atoms with Gasteiger partial charge in [0.1, 0.15) is 11.3 Å². The molecule has 0 atom stereocenters. The first-order chi connectivity index (χ1) is 12.6. The Morgan fingerprint density at radius 3 is 2.58 bits per heavy atom. The van der Waals surface area contributed by atoms with Gasteiger partial charge >= 0.3 is 0 Å². The minimum atomic E-state index is -0.220. The fraction of sp³-hybridized carbons (Fsp3) is 0.300. The van der Waals surface area contributed by atoms with E-state index in [1.165, 1.54) is 0 Å². The number of carbonyl (C=O) groups is 1. The summed E-state index contributed by atoms with van der Waals surface area (Å²) in [5, 5.41) is 12.5. The van der Waals surface area contributed by atoms with Gasteiger partial charge in [-0.1, -0.05) is 6.07 Å². The Morgan fingerprint density at radius 2 is 1.88 bits per heavy atom. The third kappa shape index (κ3) is 3.28. The Morgan fingerprint density at radius 1 is 1.15 bits per heavy atom. The summed E-state index contributed by atoms with van der Waals surface area (Å²) >= 11 is 0. The van der Waals surface area contributed by atoms with Crippen molar-refractivity contribution in [2.24, 2.45) is 0 Å². The summed E-state index contributed by atoms with van der Waals surface area (Å²) in [5.41, 5.74) is 4.04. The number of anilines is 2. The Balaban J connectivity index is 1.46. The highest BCUT2D eigenvalue weighted by Gasteiger charge is 2.17. The first kappa shape index (κ1) is 16.6. The number of hydrogen-bond acceptors (Lipinski definition) is 4. The monoisotopic (exact) mass is 350 g/mol. The van der Waals surface area contributed by atoms with E-state index in [0.717, 1.165) is 48.6 Å². The lowest BCUT2D eigenvalue weighted by molar-refractivity contribution is 0.102. The number of nitrogens with one attached hydrogen (secondary N) is 1. The molecule has 1 fully saturated rings. The summed E-state index contributed by atoms with van der Waals surface area (Å²) in [6.45, 7) is 3.69. The molecule has 0 aliphatic carbocycles. The highest BCUT2D eigenvalue weighted by Crippen LogP contribution is 2.22. The largest absolute Gasteiger partial charge is 0.393 e. The van der Waals surface area contributed by atoms with E-state index < -0.39 is 0 Å². The molecule has 1 aliphatic rings. The van der Waals surface area contributed by atoms with Crippen molar-refractivity contribution in [1.29, 1.82) is 0 Å². The molecule has 0 radical (unpaired) electrons. The van der Waals surface area contributed by atoms with Crippen molar-refractivity contribution in [1.82, 2.24) is 9.38 Å². The highest BCUT2D eigenvalue weighted by molar-refractivity contribution is 6.03. The van der Waals surface area contributed by atoms with E-state index in [2.05, 4.69) is 15.2 Å². The lowest BCUT2D eigenvalue weighted by Gasteiger charge is -2.31. The molecule has 4 rings (SSSR count). The summed E-state index contributed by atoms with van der Waals surface area (Å²) < 4.78 is 1.91. The number of aliphatic hydroxyl groups excluding tert-OH is 1. The number of aryl methyl sites for hydroxylation is 1. The van der Waals surface area contributed by atoms with Gasteiger partial charge in [-0.2, -0.15) is 0 Å². The number of amides is 1. The average Bonchev–Trinajstić information content (AvgIpc) is 3.09. The van der Waals surface area contributed by atoms with Crippen LogP contribution < -0.4 is 10.2 Å². The second kappa shape index (κ2) is 6.80. The molecule has 2 aromatic heterocycles. The van der Waals surface area contributed by atoms with E-state index in [1.54, 1.807) is 6.20 Å². The Kier molecular flexibility index (Phi) is 4.34. The fourth-order valence-corrected chi connectivity index (χ4v) is 3.33. The molecular weight excluding hydrogens is 328 g/mol. The Hall–Kier alpha value is -2.86. The van der Waals surface area contributed by atoms with Gasteiger partial charge in [0.2, 0.25) is 0 Å². The van der Waals surface area contributed by atoms with E-state index in [-0.39, 0.29) is 12.0 Å². The maximum Gasteiger partial charge on any atom is 0.275 e. The maximum atomic E-state index is 12.5. The maximum absolute atomic E-state index is 12.5. The number of carbonyl (C=O) groups excluding carboxylic acids is 1. The van der Waals surface area contributed by atoms with Crippen molar-refractivity contribution < 1.29 is 9.90 Å². The van der Waals surface area contributed by atoms with Crippen LogP contribution in [-0.2, 0) is 0 Å². The van der Waals surface area contributed by atoms with E-state index in [0.29, 0.717) is 5.69 Å². The molecule has 0 spiro atoms. The van der Waals surface area contributed by atoms with Crippen LogP contribution in [0, 0.1) is 6.92 Å². The minimum absolute atomic E-state index is 0.182. The fourth-order valence-electron chi connectivity index (χ4n) is 3.33. The molecule has 0 bridgehead atoms. The zero-order chi connectivity index (χ0) is 18.1. The van der Waals surface area contributed by atoms with Crippen LogP contribution in [0.2, 0.25) is 0 Å². The first-order valence-corrected chi connectivity index (χ1v) is 8.89. The van der Waals surface area contributed by atoms with Crippen LogP contribution in [0.15, 0.2) is 48.7 Å². The molecule has 1 aliphatic heterocycles. The number of nitrogens with zero attached hydrogens (tertiary/aromatic N) is 3. The highest BCUT2D eigenvalue weighted by atomic mass is 16.3. The number of aliphatic hydroxyl groups is 1. The van der Waals surface area contributed by atoms with Crippen LogP contribution in [0.25, 0.3) is 5.65 Å². The van der Waals surface area contributed by atoms with Gasteiger partial charge in [-0.25, -0.2) is 4.98 Å². The molecule has 1 aromatic carbocycles. The quantitative estimate of drug-likeness (QED) is 0.762. The van der Waals surface area contributed by atoms with E-state index >= 15 is 0 Å². The van der Waals surface area contributed by atoms with Gasteiger partial charge in [-0.05, 0) is 56.2 Å². The number of pyridine rings is 1. The molecule has 2 N–H and O–H groups in total. The Bertz CT molecular complexity index is 925. The van der Waals surface area contributed by atoms with Crippen LogP contribution in [0.1, 0.15) is 29.0 Å². The van der Waals surface area contributed by atoms with Crippen LogP contribution in [0.4, 0.5) is 11.4 Å². The predicted octanol–water partition coefficient (Wildman–Crippen LogP) is 2.86. The van der Waals surface area contributed by atoms with Gasteiger partial charge in [0.05, 0.1) is 6.10 Å². The zero-order valence-corrected chi connectivity index (χ0v) is 14.7. The van der Waals surface area contributed by atoms with E-state index in [1.807, 2.05) is 53.8 Å². The number of piperidine rings is 1. The molecule has 6 heteroatoms. The first-order valence-electron chi connectivity index (χ1n) is 8.89. The van der Waals surface area contributed by atoms with Gasteiger partial charge in [0.25, 0.3) is 5.91 Å². The molecule has 26 heavy (non-hydrogen) atoms. The van der Waals surface area contributed by atoms with Crippen LogP contribution in [0.3, 0.4) is 0 Å². The van der Waals surface area contributed by atoms with Crippen molar-refractivity contribution >= 4 is 22.9 Å². The third-order valence-corrected chi connectivity index (χ3v) is 4.88. The number of benzene rings is 1. The Labute approximate surface area is 152 Å². The summed E-state index contributed by atoms with van der Waals surface area (Å²) in [6, 6.07) is 13.6. The standard InChI is InChI=1S/C20H22N4O2/c1-14-3-2-4-19-22-18(13-24(14)19)20(26)21-15-5-7-16(8-6-15)23-11-9-17(25)10-12-23/h2-8,13,17,25H,9-12H2,1H3,(H,21,26). The van der Waals surface area contributed by atoms with Crippen molar-refractivity contribution in [2.75, 3.05) is 23.3 Å². The molecule has 3 heterocycles. The SMILES string of the molecule is Cc1cccc2nc(C(=O)Nc3ccc(N4CCC(O)CC4)cc3)cn12. The molecule has 3 aromatic rings. The molecule has 0 saturated carbocycles. The number of hydrogen-bond donors (Lipinski definition) is 2. The number of fused-ring (bicyclic) bond motifs is 1.